The molecule has 0 aromatic carbocycles. The van der Waals surface area contributed by atoms with E-state index in [2.05, 4.69) is 36.0 Å². The summed E-state index contributed by atoms with van der Waals surface area (Å²) in [5.41, 5.74) is 0. The molecule has 0 bridgehead atoms. The average Bonchev–Trinajstić information content (AvgIpc) is 2.80. The predicted octanol–water partition coefficient (Wildman–Crippen LogP) is 3.58. The van der Waals surface area contributed by atoms with Crippen molar-refractivity contribution in [1.82, 2.24) is 9.97 Å². The van der Waals surface area contributed by atoms with Crippen molar-refractivity contribution in [1.29, 1.82) is 0 Å². The van der Waals surface area contributed by atoms with E-state index in [4.69, 9.17) is 4.74 Å². The standard InChI is InChI=1S/C11H10BrN3O3S/c1-2-17-11(16)18-9-6-19-10(15-9)14-8-4-3-7(12)5-13-8/h3-6H,2H2,1H3,(H,13,14,15). The van der Waals surface area contributed by atoms with Gasteiger partial charge >= 0.3 is 6.16 Å². The third kappa shape index (κ3) is 4.18. The molecule has 100 valence electrons. The first kappa shape index (κ1) is 13.8. The lowest BCUT2D eigenvalue weighted by molar-refractivity contribution is 0.103. The van der Waals surface area contributed by atoms with Crippen molar-refractivity contribution in [3.8, 4) is 5.88 Å². The van der Waals surface area contributed by atoms with Crippen molar-refractivity contribution in [2.75, 3.05) is 11.9 Å². The highest BCUT2D eigenvalue weighted by atomic mass is 79.9. The van der Waals surface area contributed by atoms with E-state index in [-0.39, 0.29) is 12.5 Å². The summed E-state index contributed by atoms with van der Waals surface area (Å²) in [6.07, 6.45) is 0.910. The highest BCUT2D eigenvalue weighted by molar-refractivity contribution is 9.10. The maximum Gasteiger partial charge on any atom is 0.515 e. The molecular weight excluding hydrogens is 334 g/mol. The van der Waals surface area contributed by atoms with Gasteiger partial charge in [0.05, 0.1) is 12.0 Å². The Labute approximate surface area is 121 Å². The van der Waals surface area contributed by atoms with Crippen LogP contribution < -0.4 is 10.1 Å². The fourth-order valence-corrected chi connectivity index (χ4v) is 2.01. The Balaban J connectivity index is 1.97. The number of rotatable bonds is 4. The third-order valence-electron chi connectivity index (χ3n) is 1.90. The minimum absolute atomic E-state index is 0.197. The van der Waals surface area contributed by atoms with Crippen LogP contribution in [0.3, 0.4) is 0 Å². The van der Waals surface area contributed by atoms with Crippen LogP contribution in [0.4, 0.5) is 15.7 Å². The Morgan fingerprint density at radius 3 is 3.05 bits per heavy atom. The van der Waals surface area contributed by atoms with Crippen molar-refractivity contribution >= 4 is 44.4 Å². The van der Waals surface area contributed by atoms with Gasteiger partial charge in [0.1, 0.15) is 5.82 Å². The lowest BCUT2D eigenvalue weighted by Crippen LogP contribution is -2.10. The molecule has 0 aliphatic carbocycles. The van der Waals surface area contributed by atoms with Gasteiger partial charge < -0.3 is 14.8 Å². The molecule has 0 atom stereocenters. The molecule has 0 amide bonds. The lowest BCUT2D eigenvalue weighted by Gasteiger charge is -2.01. The Kier molecular flexibility index (Phi) is 4.69. The topological polar surface area (TPSA) is 73.3 Å². The third-order valence-corrected chi connectivity index (χ3v) is 3.10. The van der Waals surface area contributed by atoms with Crippen LogP contribution >= 0.6 is 27.3 Å². The molecule has 2 rings (SSSR count). The quantitative estimate of drug-likeness (QED) is 0.855. The van der Waals surface area contributed by atoms with Crippen molar-refractivity contribution in [2.24, 2.45) is 0 Å². The Hall–Kier alpha value is -1.67. The highest BCUT2D eigenvalue weighted by Gasteiger charge is 2.09. The Morgan fingerprint density at radius 2 is 2.37 bits per heavy atom. The normalized spacial score (nSPS) is 10.0. The summed E-state index contributed by atoms with van der Waals surface area (Å²) in [6, 6.07) is 3.66. The molecule has 0 saturated carbocycles. The summed E-state index contributed by atoms with van der Waals surface area (Å²) in [6.45, 7) is 1.96. The number of hydrogen-bond donors (Lipinski definition) is 1. The van der Waals surface area contributed by atoms with Gasteiger partial charge in [0.15, 0.2) is 5.13 Å². The van der Waals surface area contributed by atoms with Gasteiger partial charge in [0.2, 0.25) is 5.88 Å². The number of thiazole rings is 1. The van der Waals surface area contributed by atoms with E-state index in [9.17, 15) is 4.79 Å². The molecule has 6 nitrogen and oxygen atoms in total. The monoisotopic (exact) mass is 343 g/mol. The molecule has 8 heteroatoms. The van der Waals surface area contributed by atoms with E-state index in [1.54, 1.807) is 24.6 Å². The summed E-state index contributed by atoms with van der Waals surface area (Å²) in [5, 5.41) is 5.19. The summed E-state index contributed by atoms with van der Waals surface area (Å²) in [4.78, 5) is 19.3. The number of nitrogens with one attached hydrogen (secondary N) is 1. The van der Waals surface area contributed by atoms with Crippen LogP contribution in [-0.2, 0) is 4.74 Å². The van der Waals surface area contributed by atoms with Crippen molar-refractivity contribution in [2.45, 2.75) is 6.92 Å². The number of aromatic nitrogens is 2. The number of ether oxygens (including phenoxy) is 2. The molecule has 2 aromatic rings. The van der Waals surface area contributed by atoms with Gasteiger partial charge in [-0.3, -0.25) is 0 Å². The van der Waals surface area contributed by atoms with Crippen LogP contribution in [0, 0.1) is 0 Å². The lowest BCUT2D eigenvalue weighted by atomic mass is 10.5. The van der Waals surface area contributed by atoms with Gasteiger partial charge in [-0.15, -0.1) is 11.3 Å². The molecule has 19 heavy (non-hydrogen) atoms. The maximum atomic E-state index is 11.1. The van der Waals surface area contributed by atoms with Crippen LogP contribution in [-0.4, -0.2) is 22.7 Å². The van der Waals surface area contributed by atoms with Crippen molar-refractivity contribution in [3.63, 3.8) is 0 Å². The van der Waals surface area contributed by atoms with Gasteiger partial charge in [-0.05, 0) is 35.0 Å². The first-order valence-electron chi connectivity index (χ1n) is 5.36. The zero-order valence-electron chi connectivity index (χ0n) is 9.92. The Morgan fingerprint density at radius 1 is 1.53 bits per heavy atom. The Bertz CT molecular complexity index is 559. The fraction of sp³-hybridized carbons (Fsp3) is 0.182. The van der Waals surface area contributed by atoms with Crippen LogP contribution in [0.5, 0.6) is 5.88 Å². The minimum Gasteiger partial charge on any atom is -0.434 e. The minimum atomic E-state index is -0.763. The van der Waals surface area contributed by atoms with Crippen LogP contribution in [0.1, 0.15) is 6.92 Å². The van der Waals surface area contributed by atoms with Crippen LogP contribution in [0.25, 0.3) is 0 Å². The molecule has 2 heterocycles. The molecule has 0 radical (unpaired) electrons. The second-order valence-electron chi connectivity index (χ2n) is 3.26. The second kappa shape index (κ2) is 6.48. The first-order valence-corrected chi connectivity index (χ1v) is 7.03. The van der Waals surface area contributed by atoms with Crippen LogP contribution in [0.2, 0.25) is 0 Å². The summed E-state index contributed by atoms with van der Waals surface area (Å²) in [5.74, 6) is 0.850. The van der Waals surface area contributed by atoms with E-state index in [1.165, 1.54) is 11.3 Å². The second-order valence-corrected chi connectivity index (χ2v) is 5.04. The highest BCUT2D eigenvalue weighted by Crippen LogP contribution is 2.24. The van der Waals surface area contributed by atoms with Crippen molar-refractivity contribution in [3.05, 3.63) is 28.2 Å². The molecule has 0 aliphatic rings. The SMILES string of the molecule is CCOC(=O)Oc1csc(Nc2ccc(Br)cn2)n1. The van der Waals surface area contributed by atoms with Crippen molar-refractivity contribution < 1.29 is 14.3 Å². The zero-order valence-corrected chi connectivity index (χ0v) is 12.3. The molecule has 1 N–H and O–H groups in total. The molecule has 0 aliphatic heterocycles. The van der Waals surface area contributed by atoms with Gasteiger partial charge in [-0.1, -0.05) is 0 Å². The number of hydrogen-bond acceptors (Lipinski definition) is 7. The summed E-state index contributed by atoms with van der Waals surface area (Å²) >= 11 is 4.60. The number of halogens is 1. The van der Waals surface area contributed by atoms with Gasteiger partial charge in [-0.2, -0.15) is 4.98 Å². The predicted molar refractivity (Wildman–Crippen MR) is 75.0 cm³/mol. The molecule has 0 saturated heterocycles. The fourth-order valence-electron chi connectivity index (χ4n) is 1.16. The maximum absolute atomic E-state index is 11.1. The number of nitrogens with zero attached hydrogens (tertiary/aromatic N) is 2. The zero-order chi connectivity index (χ0) is 13.7. The van der Waals surface area contributed by atoms with Crippen LogP contribution in [0.15, 0.2) is 28.2 Å². The molecule has 2 aromatic heterocycles. The van der Waals surface area contributed by atoms with E-state index >= 15 is 0 Å². The van der Waals surface area contributed by atoms with E-state index in [0.717, 1.165) is 4.47 Å². The number of pyridine rings is 1. The molecule has 0 spiro atoms. The van der Waals surface area contributed by atoms with E-state index in [1.807, 2.05) is 6.07 Å². The van der Waals surface area contributed by atoms with Gasteiger partial charge in [0.25, 0.3) is 0 Å². The number of carbonyl (C=O) groups excluding carboxylic acids is 1. The van der Waals surface area contributed by atoms with Gasteiger partial charge in [-0.25, -0.2) is 9.78 Å². The van der Waals surface area contributed by atoms with E-state index < -0.39 is 6.16 Å². The average molecular weight is 344 g/mol. The molecule has 0 unspecified atom stereocenters. The first-order chi connectivity index (χ1) is 9.17. The largest absolute Gasteiger partial charge is 0.515 e. The van der Waals surface area contributed by atoms with E-state index in [0.29, 0.717) is 10.9 Å². The molecular formula is C11H10BrN3O3S. The number of carbonyl (C=O) groups is 1. The number of anilines is 2. The molecule has 0 fully saturated rings. The summed E-state index contributed by atoms with van der Waals surface area (Å²) in [7, 11) is 0. The summed E-state index contributed by atoms with van der Waals surface area (Å²) < 4.78 is 10.4. The van der Waals surface area contributed by atoms with Gasteiger partial charge in [0, 0.05) is 10.7 Å². The smallest absolute Gasteiger partial charge is 0.434 e.